The van der Waals surface area contributed by atoms with Crippen LogP contribution >= 0.6 is 7.75 Å². The molecular formula is C28H33F2N4O8P. The predicted molar refractivity (Wildman–Crippen MR) is 151 cm³/mol. The number of nitrogens with one attached hydrogen (secondary N) is 1. The molecular weight excluding hydrogens is 589 g/mol. The highest BCUT2D eigenvalue weighted by atomic mass is 31.2. The zero-order valence-electron chi connectivity index (χ0n) is 23.3. The van der Waals surface area contributed by atoms with Gasteiger partial charge in [0.15, 0.2) is 6.10 Å². The number of anilines is 1. The summed E-state index contributed by atoms with van der Waals surface area (Å²) in [6.45, 7) is 0.559. The van der Waals surface area contributed by atoms with E-state index in [2.05, 4.69) is 10.1 Å². The van der Waals surface area contributed by atoms with Gasteiger partial charge in [0.1, 0.15) is 29.8 Å². The Morgan fingerprint density at radius 3 is 2.67 bits per heavy atom. The van der Waals surface area contributed by atoms with Crippen LogP contribution in [0.1, 0.15) is 45.3 Å². The SMILES string of the molecule is C[C@H](NP(=O)(OC[C@H]1O[C@@H](n2ccc(N)nc2=O)C(F)(F)[C@@H]1O)Oc1cccc2ccccc12)C(=O)OC1CCCCC1. The zero-order chi connectivity index (χ0) is 30.8. The summed E-state index contributed by atoms with van der Waals surface area (Å²) in [4.78, 5) is 28.5. The van der Waals surface area contributed by atoms with Gasteiger partial charge in [0, 0.05) is 11.6 Å². The second kappa shape index (κ2) is 12.7. The van der Waals surface area contributed by atoms with Crippen molar-refractivity contribution < 1.29 is 41.8 Å². The van der Waals surface area contributed by atoms with Gasteiger partial charge in [-0.25, -0.2) is 9.36 Å². The molecule has 2 heterocycles. The fourth-order valence-electron chi connectivity index (χ4n) is 5.12. The summed E-state index contributed by atoms with van der Waals surface area (Å²) in [5, 5.41) is 14.3. The van der Waals surface area contributed by atoms with E-state index < -0.39 is 56.4 Å². The largest absolute Gasteiger partial charge is 0.461 e. The number of nitrogen functional groups attached to an aromatic ring is 1. The topological polar surface area (TPSA) is 164 Å². The van der Waals surface area contributed by atoms with Crippen molar-refractivity contribution in [3.63, 3.8) is 0 Å². The lowest BCUT2D eigenvalue weighted by molar-refractivity contribution is -0.152. The van der Waals surface area contributed by atoms with Gasteiger partial charge < -0.3 is 24.8 Å². The molecule has 2 aromatic carbocycles. The monoisotopic (exact) mass is 622 g/mol. The highest BCUT2D eigenvalue weighted by molar-refractivity contribution is 7.52. The molecule has 1 aliphatic carbocycles. The van der Waals surface area contributed by atoms with Crippen LogP contribution in [0.2, 0.25) is 0 Å². The van der Waals surface area contributed by atoms with Gasteiger partial charge >= 0.3 is 25.3 Å². The number of hydrogen-bond donors (Lipinski definition) is 3. The molecule has 12 nitrogen and oxygen atoms in total. The molecule has 0 spiro atoms. The standard InChI is InChI=1S/C28H33F2N4O8P/c1-17(25(36)40-19-10-3-2-4-11-19)33-43(38,42-21-13-7-9-18-8-5-6-12-20(18)21)39-16-22-24(35)28(29,30)26(41-22)34-15-14-23(31)32-27(34)37/h5-9,12-15,17,19,22,24,26,35H,2-4,10-11,16H2,1H3,(H,33,38)(H2,31,32,37)/t17-,22+,24+,26+,43?/m0/s1. The van der Waals surface area contributed by atoms with E-state index in [0.29, 0.717) is 9.95 Å². The van der Waals surface area contributed by atoms with Crippen LogP contribution in [0.25, 0.3) is 10.8 Å². The van der Waals surface area contributed by atoms with E-state index in [4.69, 9.17) is 24.3 Å². The number of fused-ring (bicyclic) bond motifs is 1. The summed E-state index contributed by atoms with van der Waals surface area (Å²) >= 11 is 0. The van der Waals surface area contributed by atoms with Crippen LogP contribution < -0.4 is 21.0 Å². The number of carbonyl (C=O) groups is 1. The fraction of sp³-hybridized carbons (Fsp3) is 0.464. The van der Waals surface area contributed by atoms with Crippen molar-refractivity contribution in [2.24, 2.45) is 0 Å². The molecule has 0 bridgehead atoms. The Morgan fingerprint density at radius 1 is 1.21 bits per heavy atom. The van der Waals surface area contributed by atoms with Gasteiger partial charge in [-0.1, -0.05) is 42.8 Å². The van der Waals surface area contributed by atoms with Crippen LogP contribution in [-0.4, -0.2) is 57.5 Å². The Bertz CT molecular complexity index is 1560. The molecule has 15 heteroatoms. The summed E-state index contributed by atoms with van der Waals surface area (Å²) < 4.78 is 67.1. The first-order valence-corrected chi connectivity index (χ1v) is 15.5. The van der Waals surface area contributed by atoms with E-state index in [-0.39, 0.29) is 17.7 Å². The van der Waals surface area contributed by atoms with E-state index in [1.807, 2.05) is 12.1 Å². The number of carbonyl (C=O) groups excluding carboxylic acids is 1. The molecule has 5 atom stereocenters. The molecule has 232 valence electrons. The number of rotatable bonds is 10. The molecule has 2 fully saturated rings. The maximum absolute atomic E-state index is 15.1. The third kappa shape index (κ3) is 6.89. The molecule has 0 radical (unpaired) electrons. The minimum atomic E-state index is -4.52. The molecule has 2 aliphatic rings. The lowest BCUT2D eigenvalue weighted by Crippen LogP contribution is -2.42. The van der Waals surface area contributed by atoms with Gasteiger partial charge in [0.2, 0.25) is 6.23 Å². The number of esters is 1. The fourth-order valence-corrected chi connectivity index (χ4v) is 6.64. The first kappa shape index (κ1) is 31.0. The van der Waals surface area contributed by atoms with Crippen LogP contribution in [0.3, 0.4) is 0 Å². The lowest BCUT2D eigenvalue weighted by Gasteiger charge is -2.27. The number of aliphatic hydroxyl groups is 1. The van der Waals surface area contributed by atoms with Crippen LogP contribution in [0.15, 0.2) is 59.5 Å². The van der Waals surface area contributed by atoms with E-state index in [0.717, 1.165) is 49.8 Å². The van der Waals surface area contributed by atoms with Gasteiger partial charge in [-0.05, 0) is 50.1 Å². The number of hydrogen-bond acceptors (Lipinski definition) is 10. The molecule has 1 unspecified atom stereocenters. The molecule has 5 rings (SSSR count). The molecule has 1 saturated heterocycles. The summed E-state index contributed by atoms with van der Waals surface area (Å²) in [6.07, 6.45) is -1.39. The summed E-state index contributed by atoms with van der Waals surface area (Å²) in [5.74, 6) is -4.69. The number of halogens is 2. The van der Waals surface area contributed by atoms with Crippen molar-refractivity contribution in [3.8, 4) is 5.75 Å². The average molecular weight is 623 g/mol. The summed E-state index contributed by atoms with van der Waals surface area (Å²) in [5.41, 5.74) is 4.33. The van der Waals surface area contributed by atoms with Crippen molar-refractivity contribution in [2.75, 3.05) is 12.3 Å². The molecule has 1 aliphatic heterocycles. The van der Waals surface area contributed by atoms with Crippen molar-refractivity contribution >= 4 is 30.3 Å². The van der Waals surface area contributed by atoms with Gasteiger partial charge in [0.25, 0.3) is 0 Å². The third-order valence-electron chi connectivity index (χ3n) is 7.40. The Morgan fingerprint density at radius 2 is 1.93 bits per heavy atom. The Hall–Kier alpha value is -3.42. The maximum Gasteiger partial charge on any atom is 0.459 e. The Balaban J connectivity index is 1.37. The van der Waals surface area contributed by atoms with E-state index in [1.165, 1.54) is 13.0 Å². The number of alkyl halides is 2. The minimum absolute atomic E-state index is 0.136. The van der Waals surface area contributed by atoms with E-state index >= 15 is 8.78 Å². The van der Waals surface area contributed by atoms with Crippen molar-refractivity contribution in [1.29, 1.82) is 0 Å². The summed E-state index contributed by atoms with van der Waals surface area (Å²) in [6, 6.07) is 12.1. The highest BCUT2D eigenvalue weighted by Gasteiger charge is 2.60. The highest BCUT2D eigenvalue weighted by Crippen LogP contribution is 2.49. The van der Waals surface area contributed by atoms with E-state index in [1.54, 1.807) is 24.3 Å². The smallest absolute Gasteiger partial charge is 0.459 e. The zero-order valence-corrected chi connectivity index (χ0v) is 24.2. The molecule has 43 heavy (non-hydrogen) atoms. The maximum atomic E-state index is 15.1. The van der Waals surface area contributed by atoms with Crippen molar-refractivity contribution in [1.82, 2.24) is 14.6 Å². The second-order valence-electron chi connectivity index (χ2n) is 10.6. The number of ether oxygens (including phenoxy) is 2. The molecule has 0 amide bonds. The number of nitrogens with zero attached hydrogens (tertiary/aromatic N) is 2. The first-order chi connectivity index (χ1) is 20.5. The average Bonchev–Trinajstić information content (AvgIpc) is 3.20. The number of nitrogens with two attached hydrogens (primary N) is 1. The third-order valence-corrected chi connectivity index (χ3v) is 9.03. The van der Waals surface area contributed by atoms with Crippen LogP contribution in [0, 0.1) is 0 Å². The minimum Gasteiger partial charge on any atom is -0.461 e. The van der Waals surface area contributed by atoms with Crippen LogP contribution in [0.5, 0.6) is 5.75 Å². The lowest BCUT2D eigenvalue weighted by atomic mass is 9.98. The van der Waals surface area contributed by atoms with Crippen LogP contribution in [0.4, 0.5) is 14.6 Å². The Labute approximate surface area is 245 Å². The van der Waals surface area contributed by atoms with Crippen molar-refractivity contribution in [2.45, 2.75) is 75.5 Å². The quantitative estimate of drug-likeness (QED) is 0.222. The summed E-state index contributed by atoms with van der Waals surface area (Å²) in [7, 11) is -4.52. The molecule has 4 N–H and O–H groups in total. The normalized spacial score (nSPS) is 24.3. The Kier molecular flexibility index (Phi) is 9.14. The van der Waals surface area contributed by atoms with Gasteiger partial charge in [0.05, 0.1) is 6.61 Å². The number of aliphatic hydroxyl groups excluding tert-OH is 1. The van der Waals surface area contributed by atoms with Gasteiger partial charge in [-0.2, -0.15) is 18.9 Å². The van der Waals surface area contributed by atoms with Gasteiger partial charge in [-0.3, -0.25) is 13.9 Å². The first-order valence-electron chi connectivity index (χ1n) is 13.9. The second-order valence-corrected chi connectivity index (χ2v) is 12.3. The number of benzene rings is 2. The van der Waals surface area contributed by atoms with Crippen LogP contribution in [-0.2, 0) is 23.4 Å². The molecule has 1 saturated carbocycles. The number of aromatic nitrogens is 2. The predicted octanol–water partition coefficient (Wildman–Crippen LogP) is 3.93. The van der Waals surface area contributed by atoms with E-state index in [9.17, 15) is 19.3 Å². The van der Waals surface area contributed by atoms with Gasteiger partial charge in [-0.15, -0.1) is 0 Å². The molecule has 3 aromatic rings. The van der Waals surface area contributed by atoms with Crippen molar-refractivity contribution in [3.05, 3.63) is 65.2 Å². The molecule has 1 aromatic heterocycles.